The number of urea groups is 1. The van der Waals surface area contributed by atoms with Gasteiger partial charge in [-0.3, -0.25) is 0 Å². The van der Waals surface area contributed by atoms with Gasteiger partial charge in [0, 0.05) is 31.2 Å². The molecule has 3 saturated heterocycles. The van der Waals surface area contributed by atoms with Gasteiger partial charge in [-0.2, -0.15) is 0 Å². The summed E-state index contributed by atoms with van der Waals surface area (Å²) in [5, 5.41) is 6.56. The first-order valence-electron chi connectivity index (χ1n) is 6.13. The molecule has 3 fully saturated rings. The van der Waals surface area contributed by atoms with E-state index in [4.69, 9.17) is 0 Å². The number of carbonyl (C=O) groups is 1. The van der Waals surface area contributed by atoms with Gasteiger partial charge in [0.15, 0.2) is 0 Å². The van der Waals surface area contributed by atoms with Crippen molar-refractivity contribution in [2.24, 2.45) is 0 Å². The molecule has 4 heteroatoms. The van der Waals surface area contributed by atoms with Crippen molar-refractivity contribution in [3.05, 3.63) is 0 Å². The van der Waals surface area contributed by atoms with Crippen LogP contribution in [0.2, 0.25) is 0 Å². The van der Waals surface area contributed by atoms with E-state index in [1.807, 2.05) is 0 Å². The zero-order chi connectivity index (χ0) is 10.3. The summed E-state index contributed by atoms with van der Waals surface area (Å²) in [6.07, 6.45) is 6.02. The van der Waals surface area contributed by atoms with Gasteiger partial charge in [0.05, 0.1) is 0 Å². The van der Waals surface area contributed by atoms with Crippen molar-refractivity contribution in [1.29, 1.82) is 0 Å². The average molecular weight is 209 g/mol. The van der Waals surface area contributed by atoms with Crippen molar-refractivity contribution in [2.75, 3.05) is 13.1 Å². The Labute approximate surface area is 90.4 Å². The lowest BCUT2D eigenvalue weighted by molar-refractivity contribution is 0.135. The molecule has 0 spiro atoms. The van der Waals surface area contributed by atoms with Gasteiger partial charge in [-0.1, -0.05) is 0 Å². The molecule has 0 radical (unpaired) electrons. The topological polar surface area (TPSA) is 44.4 Å². The van der Waals surface area contributed by atoms with Crippen molar-refractivity contribution >= 4 is 6.03 Å². The van der Waals surface area contributed by atoms with E-state index in [2.05, 4.69) is 15.5 Å². The van der Waals surface area contributed by atoms with E-state index < -0.39 is 0 Å². The summed E-state index contributed by atoms with van der Waals surface area (Å²) < 4.78 is 0. The van der Waals surface area contributed by atoms with Crippen molar-refractivity contribution in [2.45, 2.75) is 50.2 Å². The van der Waals surface area contributed by atoms with Gasteiger partial charge in [0.1, 0.15) is 0 Å². The summed E-state index contributed by atoms with van der Waals surface area (Å²) in [5.74, 6) is 0. The molecule has 2 amide bonds. The number of hydrogen-bond acceptors (Lipinski definition) is 2. The molecule has 2 N–H and O–H groups in total. The van der Waals surface area contributed by atoms with E-state index in [-0.39, 0.29) is 6.03 Å². The summed E-state index contributed by atoms with van der Waals surface area (Å²) in [6, 6.07) is 1.99. The molecule has 3 rings (SSSR count). The molecule has 3 aliphatic heterocycles. The summed E-state index contributed by atoms with van der Waals surface area (Å²) in [4.78, 5) is 13.8. The normalized spacial score (nSPS) is 40.4. The highest BCUT2D eigenvalue weighted by Gasteiger charge is 2.37. The highest BCUT2D eigenvalue weighted by molar-refractivity contribution is 5.75. The second kappa shape index (κ2) is 3.67. The number of nitrogens with one attached hydrogen (secondary N) is 2. The first kappa shape index (κ1) is 9.46. The standard InChI is InChI=1S/C11H19N3O/c15-11-12-4-1-5-14(11)10-6-8-2-3-9(7-10)13-8/h8-10,13H,1-7H2,(H,12,15). The maximum absolute atomic E-state index is 11.7. The predicted molar refractivity (Wildman–Crippen MR) is 57.7 cm³/mol. The first-order chi connectivity index (χ1) is 7.33. The number of rotatable bonds is 1. The monoisotopic (exact) mass is 209 g/mol. The van der Waals surface area contributed by atoms with Gasteiger partial charge in [-0.05, 0) is 32.1 Å². The van der Waals surface area contributed by atoms with E-state index in [1.54, 1.807) is 0 Å². The number of carbonyl (C=O) groups excluding carboxylic acids is 1. The summed E-state index contributed by atoms with van der Waals surface area (Å²) in [7, 11) is 0. The second-order valence-corrected chi connectivity index (χ2v) is 5.04. The van der Waals surface area contributed by atoms with Crippen molar-refractivity contribution < 1.29 is 4.79 Å². The van der Waals surface area contributed by atoms with Crippen LogP contribution in [0, 0.1) is 0 Å². The maximum atomic E-state index is 11.7. The van der Waals surface area contributed by atoms with Gasteiger partial charge in [0.25, 0.3) is 0 Å². The lowest BCUT2D eigenvalue weighted by Gasteiger charge is -2.39. The quantitative estimate of drug-likeness (QED) is 0.667. The molecular formula is C11H19N3O. The Bertz CT molecular complexity index is 257. The Kier molecular flexibility index (Phi) is 2.31. The van der Waals surface area contributed by atoms with Gasteiger partial charge >= 0.3 is 6.03 Å². The Hall–Kier alpha value is -0.770. The third-order valence-electron chi connectivity index (χ3n) is 4.00. The molecule has 0 aromatic heterocycles. The molecular weight excluding hydrogens is 190 g/mol. The summed E-state index contributed by atoms with van der Waals surface area (Å²) in [6.45, 7) is 1.81. The molecule has 3 heterocycles. The first-order valence-corrected chi connectivity index (χ1v) is 6.13. The Morgan fingerprint density at radius 2 is 1.93 bits per heavy atom. The molecule has 3 aliphatic rings. The molecule has 0 aliphatic carbocycles. The minimum Gasteiger partial charge on any atom is -0.338 e. The van der Waals surface area contributed by atoms with Crippen LogP contribution in [0.5, 0.6) is 0 Å². The zero-order valence-corrected chi connectivity index (χ0v) is 9.04. The molecule has 2 atom stereocenters. The fraction of sp³-hybridized carbons (Fsp3) is 0.909. The van der Waals surface area contributed by atoms with Crippen molar-refractivity contribution in [3.63, 3.8) is 0 Å². The van der Waals surface area contributed by atoms with Gasteiger partial charge < -0.3 is 15.5 Å². The lowest BCUT2D eigenvalue weighted by Crippen LogP contribution is -2.55. The molecule has 84 valence electrons. The predicted octanol–water partition coefficient (Wildman–Crippen LogP) is 0.685. The van der Waals surface area contributed by atoms with Crippen LogP contribution < -0.4 is 10.6 Å². The highest BCUT2D eigenvalue weighted by atomic mass is 16.2. The van der Waals surface area contributed by atoms with Gasteiger partial charge in [-0.15, -0.1) is 0 Å². The summed E-state index contributed by atoms with van der Waals surface area (Å²) >= 11 is 0. The van der Waals surface area contributed by atoms with Crippen LogP contribution in [0.1, 0.15) is 32.1 Å². The number of hydrogen-bond donors (Lipinski definition) is 2. The van der Waals surface area contributed by atoms with Crippen LogP contribution in [-0.2, 0) is 0 Å². The number of amides is 2. The maximum Gasteiger partial charge on any atom is 0.317 e. The fourth-order valence-electron chi connectivity index (χ4n) is 3.28. The number of nitrogens with zero attached hydrogens (tertiary/aromatic N) is 1. The minimum absolute atomic E-state index is 0.160. The molecule has 2 bridgehead atoms. The van der Waals surface area contributed by atoms with Crippen LogP contribution in [-0.4, -0.2) is 42.1 Å². The third kappa shape index (κ3) is 1.71. The largest absolute Gasteiger partial charge is 0.338 e. The van der Waals surface area contributed by atoms with E-state index in [9.17, 15) is 4.79 Å². The van der Waals surface area contributed by atoms with Crippen LogP contribution in [0.4, 0.5) is 4.79 Å². The molecule has 0 aromatic rings. The summed E-state index contributed by atoms with van der Waals surface area (Å²) in [5.41, 5.74) is 0. The fourth-order valence-corrected chi connectivity index (χ4v) is 3.28. The molecule has 4 nitrogen and oxygen atoms in total. The molecule has 0 saturated carbocycles. The highest BCUT2D eigenvalue weighted by Crippen LogP contribution is 2.30. The van der Waals surface area contributed by atoms with Crippen LogP contribution in [0.15, 0.2) is 0 Å². The Balaban J connectivity index is 1.68. The van der Waals surface area contributed by atoms with E-state index >= 15 is 0 Å². The Morgan fingerprint density at radius 3 is 2.60 bits per heavy atom. The zero-order valence-electron chi connectivity index (χ0n) is 9.04. The molecule has 2 unspecified atom stereocenters. The van der Waals surface area contributed by atoms with Crippen molar-refractivity contribution in [1.82, 2.24) is 15.5 Å². The minimum atomic E-state index is 0.160. The molecule has 0 aromatic carbocycles. The van der Waals surface area contributed by atoms with Gasteiger partial charge in [-0.25, -0.2) is 4.79 Å². The number of piperidine rings is 1. The van der Waals surface area contributed by atoms with E-state index in [0.29, 0.717) is 18.1 Å². The lowest BCUT2D eigenvalue weighted by atomic mass is 9.98. The second-order valence-electron chi connectivity index (χ2n) is 5.04. The average Bonchev–Trinajstić information content (AvgIpc) is 2.58. The van der Waals surface area contributed by atoms with Crippen LogP contribution in [0.25, 0.3) is 0 Å². The third-order valence-corrected chi connectivity index (χ3v) is 4.00. The van der Waals surface area contributed by atoms with Gasteiger partial charge in [0.2, 0.25) is 0 Å². The Morgan fingerprint density at radius 1 is 1.20 bits per heavy atom. The smallest absolute Gasteiger partial charge is 0.317 e. The molecule has 15 heavy (non-hydrogen) atoms. The SMILES string of the molecule is O=C1NCCCN1C1CC2CCC(C1)N2. The number of fused-ring (bicyclic) bond motifs is 2. The van der Waals surface area contributed by atoms with Crippen molar-refractivity contribution in [3.8, 4) is 0 Å². The van der Waals surface area contributed by atoms with E-state index in [0.717, 1.165) is 32.4 Å². The van der Waals surface area contributed by atoms with Crippen LogP contribution in [0.3, 0.4) is 0 Å². The van der Waals surface area contributed by atoms with Crippen LogP contribution >= 0.6 is 0 Å². The van der Waals surface area contributed by atoms with E-state index in [1.165, 1.54) is 12.8 Å².